The average molecular weight is 473 g/mol. The molecule has 2 heterocycles. The van der Waals surface area contributed by atoms with Crippen molar-refractivity contribution in [1.82, 2.24) is 14.7 Å². The number of rotatable bonds is 4. The Balaban J connectivity index is 0.00000256. The van der Waals surface area contributed by atoms with Crippen molar-refractivity contribution in [2.24, 2.45) is 0 Å². The number of benzene rings is 2. The molecule has 1 amide bonds. The van der Waals surface area contributed by atoms with E-state index < -0.39 is 18.4 Å². The van der Waals surface area contributed by atoms with Gasteiger partial charge in [-0.1, -0.05) is 47.5 Å². The van der Waals surface area contributed by atoms with Gasteiger partial charge in [0, 0.05) is 29.6 Å². The van der Waals surface area contributed by atoms with Crippen LogP contribution in [0, 0.1) is 0 Å². The molecule has 0 atom stereocenters. The maximum atomic E-state index is 13.5. The molecule has 0 unspecified atom stereocenters. The van der Waals surface area contributed by atoms with E-state index in [1.165, 1.54) is 0 Å². The molecule has 1 aliphatic rings. The average Bonchev–Trinajstić information content (AvgIpc) is 3.04. The topological polar surface area (TPSA) is 38.1 Å². The minimum atomic E-state index is -2.97. The molecule has 1 aromatic heterocycles. The Kier molecular flexibility index (Phi) is 6.41. The van der Waals surface area contributed by atoms with E-state index in [2.05, 4.69) is 5.10 Å². The molecule has 0 saturated carbocycles. The molecule has 2 aromatic carbocycles. The molecule has 158 valence electrons. The van der Waals surface area contributed by atoms with E-state index in [-0.39, 0.29) is 24.6 Å². The van der Waals surface area contributed by atoms with Crippen LogP contribution in [0.4, 0.5) is 8.78 Å². The van der Waals surface area contributed by atoms with E-state index in [1.54, 1.807) is 35.0 Å². The molecule has 0 N–H and O–H groups in total. The molecule has 0 bridgehead atoms. The van der Waals surface area contributed by atoms with Crippen LogP contribution < -0.4 is 0 Å². The third kappa shape index (κ3) is 4.31. The van der Waals surface area contributed by atoms with Crippen LogP contribution in [0.2, 0.25) is 10.0 Å². The van der Waals surface area contributed by atoms with Crippen LogP contribution in [0.3, 0.4) is 0 Å². The number of hydrogen-bond donors (Lipinski definition) is 0. The zero-order chi connectivity index (χ0) is 20.8. The number of amides is 1. The molecule has 4 nitrogen and oxygen atoms in total. The van der Waals surface area contributed by atoms with Crippen LogP contribution >= 0.6 is 35.6 Å². The Hall–Kier alpha value is -2.15. The summed E-state index contributed by atoms with van der Waals surface area (Å²) in [5.74, 6) is -3.48. The first-order valence-corrected chi connectivity index (χ1v) is 9.80. The van der Waals surface area contributed by atoms with Crippen molar-refractivity contribution in [3.8, 4) is 16.9 Å². The van der Waals surface area contributed by atoms with Crippen LogP contribution in [0.5, 0.6) is 0 Å². The highest BCUT2D eigenvalue weighted by atomic mass is 35.5. The first kappa shape index (κ1) is 22.5. The summed E-state index contributed by atoms with van der Waals surface area (Å²) < 4.78 is 28.6. The zero-order valence-electron chi connectivity index (χ0n) is 15.9. The van der Waals surface area contributed by atoms with Gasteiger partial charge >= 0.3 is 0 Å². The number of nitrogens with zero attached hydrogens (tertiary/aromatic N) is 3. The fourth-order valence-corrected chi connectivity index (χ4v) is 3.89. The fourth-order valence-electron chi connectivity index (χ4n) is 3.55. The van der Waals surface area contributed by atoms with Gasteiger partial charge in [0.1, 0.15) is 0 Å². The zero-order valence-corrected chi connectivity index (χ0v) is 18.2. The first-order valence-electron chi connectivity index (χ1n) is 9.04. The second kappa shape index (κ2) is 8.53. The van der Waals surface area contributed by atoms with E-state index in [0.29, 0.717) is 33.4 Å². The second-order valence-corrected chi connectivity index (χ2v) is 7.94. The number of aromatic nitrogens is 2. The van der Waals surface area contributed by atoms with E-state index >= 15 is 0 Å². The molecule has 0 fully saturated rings. The first-order chi connectivity index (χ1) is 13.7. The van der Waals surface area contributed by atoms with Crippen molar-refractivity contribution in [3.63, 3.8) is 0 Å². The maximum absolute atomic E-state index is 13.5. The van der Waals surface area contributed by atoms with Crippen molar-refractivity contribution in [2.75, 3.05) is 13.1 Å². The van der Waals surface area contributed by atoms with Crippen LogP contribution in [0.15, 0.2) is 48.5 Å². The van der Waals surface area contributed by atoms with Gasteiger partial charge in [-0.3, -0.25) is 4.79 Å². The number of hydrogen-bond acceptors (Lipinski definition) is 2. The van der Waals surface area contributed by atoms with Crippen molar-refractivity contribution in [2.45, 2.75) is 19.3 Å². The van der Waals surface area contributed by atoms with E-state index in [1.807, 2.05) is 18.2 Å². The summed E-state index contributed by atoms with van der Waals surface area (Å²) in [4.78, 5) is 14.1. The number of para-hydroxylation sites is 1. The highest BCUT2D eigenvalue weighted by Crippen LogP contribution is 2.35. The minimum absolute atomic E-state index is 0. The quantitative estimate of drug-likeness (QED) is 0.473. The lowest BCUT2D eigenvalue weighted by atomic mass is 9.99. The minimum Gasteiger partial charge on any atom is -0.331 e. The predicted molar refractivity (Wildman–Crippen MR) is 116 cm³/mol. The summed E-state index contributed by atoms with van der Waals surface area (Å²) >= 11 is 12.4. The van der Waals surface area contributed by atoms with Crippen molar-refractivity contribution in [1.29, 1.82) is 0 Å². The van der Waals surface area contributed by atoms with Gasteiger partial charge < -0.3 is 4.90 Å². The molecule has 1 aliphatic heterocycles. The van der Waals surface area contributed by atoms with Crippen molar-refractivity contribution < 1.29 is 13.6 Å². The Morgan fingerprint density at radius 1 is 1.10 bits per heavy atom. The molecule has 0 aliphatic carbocycles. The number of carbonyl (C=O) groups is 1. The Labute approximate surface area is 188 Å². The summed E-state index contributed by atoms with van der Waals surface area (Å²) in [5, 5.41) is 5.55. The summed E-state index contributed by atoms with van der Waals surface area (Å²) in [6, 6.07) is 14.3. The van der Waals surface area contributed by atoms with Crippen LogP contribution in [-0.4, -0.2) is 39.6 Å². The lowest BCUT2D eigenvalue weighted by molar-refractivity contribution is -0.0119. The van der Waals surface area contributed by atoms with Crippen molar-refractivity contribution in [3.05, 3.63) is 69.8 Å². The van der Waals surface area contributed by atoms with Crippen LogP contribution in [0.1, 0.15) is 23.0 Å². The highest BCUT2D eigenvalue weighted by molar-refractivity contribution is 6.32. The van der Waals surface area contributed by atoms with Gasteiger partial charge in [-0.2, -0.15) is 5.10 Å². The number of alkyl halides is 2. The van der Waals surface area contributed by atoms with Crippen LogP contribution in [0.25, 0.3) is 16.9 Å². The third-order valence-corrected chi connectivity index (χ3v) is 5.34. The molecule has 3 aromatic rings. The smallest absolute Gasteiger partial charge is 0.274 e. The number of fused-ring (bicyclic) bond motifs is 1. The lowest BCUT2D eigenvalue weighted by Gasteiger charge is -2.28. The second-order valence-electron chi connectivity index (χ2n) is 7.09. The fraction of sp³-hybridized carbons (Fsp3) is 0.238. The molecule has 0 spiro atoms. The summed E-state index contributed by atoms with van der Waals surface area (Å²) in [6.07, 6.45) is 0.416. The highest BCUT2D eigenvalue weighted by Gasteiger charge is 2.36. The monoisotopic (exact) mass is 471 g/mol. The van der Waals surface area contributed by atoms with Gasteiger partial charge in [0.15, 0.2) is 5.69 Å². The lowest BCUT2D eigenvalue weighted by Crippen LogP contribution is -2.43. The van der Waals surface area contributed by atoms with Gasteiger partial charge in [0.25, 0.3) is 11.8 Å². The van der Waals surface area contributed by atoms with Gasteiger partial charge in [-0.15, -0.1) is 12.4 Å². The largest absolute Gasteiger partial charge is 0.331 e. The predicted octanol–water partition coefficient (Wildman–Crippen LogP) is 5.92. The van der Waals surface area contributed by atoms with E-state index in [9.17, 15) is 13.6 Å². The number of carbonyl (C=O) groups excluding carboxylic acids is 1. The van der Waals surface area contributed by atoms with Crippen LogP contribution in [-0.2, 0) is 6.42 Å². The molecular formula is C21H18Cl3F2N3O. The molecule has 0 radical (unpaired) electrons. The molecular weight excluding hydrogens is 455 g/mol. The maximum Gasteiger partial charge on any atom is 0.274 e. The molecule has 0 saturated heterocycles. The summed E-state index contributed by atoms with van der Waals surface area (Å²) in [7, 11) is 0. The molecule has 4 rings (SSSR count). The summed E-state index contributed by atoms with van der Waals surface area (Å²) in [6.45, 7) is 0.363. The van der Waals surface area contributed by atoms with Gasteiger partial charge in [0.2, 0.25) is 0 Å². The van der Waals surface area contributed by atoms with Gasteiger partial charge in [0.05, 0.1) is 22.9 Å². The Morgan fingerprint density at radius 3 is 2.40 bits per heavy atom. The van der Waals surface area contributed by atoms with E-state index in [4.69, 9.17) is 23.2 Å². The molecule has 9 heteroatoms. The SMILES string of the molecule is CC(F)(F)CN1CCc2c(nn(-c3ccccc3Cl)c2-c2ccc(Cl)cc2)C1=O.Cl. The van der Waals surface area contributed by atoms with E-state index in [0.717, 1.165) is 17.4 Å². The standard InChI is InChI=1S/C21H17Cl2F2N3O.ClH/c1-21(24,25)12-27-11-10-15-18(20(27)29)26-28(17-5-3-2-4-16(17)23)19(15)13-6-8-14(22)9-7-13;/h2-9H,10-12H2,1H3;1H. The normalized spacial score (nSPS) is 13.8. The van der Waals surface area contributed by atoms with Gasteiger partial charge in [-0.05, 0) is 30.7 Å². The molecule has 30 heavy (non-hydrogen) atoms. The van der Waals surface area contributed by atoms with Crippen molar-refractivity contribution >= 4 is 41.5 Å². The summed E-state index contributed by atoms with van der Waals surface area (Å²) in [5.41, 5.74) is 3.01. The Morgan fingerprint density at radius 2 is 1.77 bits per heavy atom. The van der Waals surface area contributed by atoms with Gasteiger partial charge in [-0.25, -0.2) is 13.5 Å². The third-order valence-electron chi connectivity index (χ3n) is 4.77. The number of halogens is 5. The Bertz CT molecular complexity index is 1080.